The van der Waals surface area contributed by atoms with Gasteiger partial charge in [0.05, 0.1) is 0 Å². The van der Waals surface area contributed by atoms with Crippen LogP contribution in [0.1, 0.15) is 61.0 Å². The monoisotopic (exact) mass is 217 g/mol. The molecule has 0 N–H and O–H groups in total. The first-order valence-electron chi connectivity index (χ1n) is 6.00. The van der Waals surface area contributed by atoms with Gasteiger partial charge in [-0.05, 0) is 36.8 Å². The predicted molar refractivity (Wildman–Crippen MR) is 68.8 cm³/mol. The molecular formula is C15H21O. The van der Waals surface area contributed by atoms with Gasteiger partial charge in [-0.15, -0.1) is 0 Å². The van der Waals surface area contributed by atoms with Crippen LogP contribution in [0.3, 0.4) is 0 Å². The fourth-order valence-electron chi connectivity index (χ4n) is 2.06. The van der Waals surface area contributed by atoms with E-state index in [1.165, 1.54) is 11.1 Å². The minimum Gasteiger partial charge on any atom is -0.295 e. The van der Waals surface area contributed by atoms with Crippen molar-refractivity contribution in [2.75, 3.05) is 0 Å². The van der Waals surface area contributed by atoms with Gasteiger partial charge in [-0.1, -0.05) is 45.4 Å². The van der Waals surface area contributed by atoms with Crippen molar-refractivity contribution in [1.29, 1.82) is 0 Å². The fraction of sp³-hybridized carbons (Fsp3) is 0.467. The van der Waals surface area contributed by atoms with Crippen LogP contribution in [0.2, 0.25) is 0 Å². The molecule has 0 bridgehead atoms. The Balaban J connectivity index is 3.18. The van der Waals surface area contributed by atoms with Gasteiger partial charge in [0, 0.05) is 5.56 Å². The highest BCUT2D eigenvalue weighted by Crippen LogP contribution is 2.24. The van der Waals surface area contributed by atoms with Gasteiger partial charge in [0.25, 0.3) is 0 Å². The maximum absolute atomic E-state index is 11.6. The van der Waals surface area contributed by atoms with E-state index in [1.54, 1.807) is 6.92 Å². The lowest BCUT2D eigenvalue weighted by atomic mass is 9.89. The topological polar surface area (TPSA) is 17.1 Å². The average Bonchev–Trinajstić information content (AvgIpc) is 2.25. The van der Waals surface area contributed by atoms with Crippen LogP contribution >= 0.6 is 0 Å². The summed E-state index contributed by atoms with van der Waals surface area (Å²) in [5, 5.41) is 0. The fourth-order valence-corrected chi connectivity index (χ4v) is 2.06. The second-order valence-corrected chi connectivity index (χ2v) is 4.54. The maximum atomic E-state index is 11.6. The molecule has 1 nitrogen and oxygen atoms in total. The van der Waals surface area contributed by atoms with Crippen molar-refractivity contribution in [3.05, 3.63) is 41.8 Å². The van der Waals surface area contributed by atoms with Gasteiger partial charge in [-0.2, -0.15) is 0 Å². The first kappa shape index (κ1) is 13.0. The van der Waals surface area contributed by atoms with E-state index in [0.717, 1.165) is 24.8 Å². The number of Topliss-reactive ketones (excluding diaryl/α,β-unsaturated/α-hetero) is 1. The van der Waals surface area contributed by atoms with Crippen molar-refractivity contribution in [3.8, 4) is 0 Å². The van der Waals surface area contributed by atoms with E-state index in [0.29, 0.717) is 5.92 Å². The third-order valence-corrected chi connectivity index (χ3v) is 2.89. The standard InChI is InChI=1S/C15H21O/c1-5-6-8-15-13(11(2)3)9-7-10-14(15)12(4)16/h7,9-11H,1,5-6,8H2,2-4H3. The lowest BCUT2D eigenvalue weighted by Crippen LogP contribution is -2.05. The molecule has 1 rings (SSSR count). The van der Waals surface area contributed by atoms with E-state index in [2.05, 4.69) is 26.8 Å². The molecule has 0 amide bonds. The minimum atomic E-state index is 0.168. The molecule has 1 radical (unpaired) electrons. The second kappa shape index (κ2) is 5.83. The highest BCUT2D eigenvalue weighted by atomic mass is 16.1. The summed E-state index contributed by atoms with van der Waals surface area (Å²) in [4.78, 5) is 11.6. The Kier molecular flexibility index (Phi) is 4.72. The van der Waals surface area contributed by atoms with Gasteiger partial charge in [0.1, 0.15) is 0 Å². The third kappa shape index (κ3) is 2.94. The quantitative estimate of drug-likeness (QED) is 0.676. The summed E-state index contributed by atoms with van der Waals surface area (Å²) in [6.07, 6.45) is 2.93. The van der Waals surface area contributed by atoms with Crippen LogP contribution in [-0.2, 0) is 6.42 Å². The van der Waals surface area contributed by atoms with Crippen molar-refractivity contribution < 1.29 is 4.79 Å². The molecule has 0 aromatic heterocycles. The largest absolute Gasteiger partial charge is 0.295 e. The number of carbonyl (C=O) groups is 1. The Hall–Kier alpha value is -1.11. The van der Waals surface area contributed by atoms with Gasteiger partial charge >= 0.3 is 0 Å². The molecule has 0 unspecified atom stereocenters. The van der Waals surface area contributed by atoms with Gasteiger partial charge in [0.15, 0.2) is 5.78 Å². The molecule has 0 fully saturated rings. The lowest BCUT2D eigenvalue weighted by Gasteiger charge is -2.15. The van der Waals surface area contributed by atoms with Crippen LogP contribution in [0.25, 0.3) is 0 Å². The average molecular weight is 217 g/mol. The second-order valence-electron chi connectivity index (χ2n) is 4.54. The normalized spacial score (nSPS) is 10.8. The van der Waals surface area contributed by atoms with Crippen LogP contribution in [0.15, 0.2) is 18.2 Å². The summed E-state index contributed by atoms with van der Waals surface area (Å²) in [6, 6.07) is 6.06. The number of hydrogen-bond donors (Lipinski definition) is 0. The Bertz CT molecular complexity index is 364. The Labute approximate surface area is 98.9 Å². The molecule has 0 spiro atoms. The highest BCUT2D eigenvalue weighted by Gasteiger charge is 2.13. The number of carbonyl (C=O) groups excluding carboxylic acids is 1. The van der Waals surface area contributed by atoms with Crippen molar-refractivity contribution in [2.24, 2.45) is 0 Å². The zero-order chi connectivity index (χ0) is 12.1. The smallest absolute Gasteiger partial charge is 0.160 e. The minimum absolute atomic E-state index is 0.168. The molecular weight excluding hydrogens is 196 g/mol. The third-order valence-electron chi connectivity index (χ3n) is 2.89. The van der Waals surface area contributed by atoms with E-state index < -0.39 is 0 Å². The van der Waals surface area contributed by atoms with Crippen LogP contribution in [0.5, 0.6) is 0 Å². The Morgan fingerprint density at radius 1 is 1.38 bits per heavy atom. The SMILES string of the molecule is [CH2]CCCc1c(C(C)=O)cccc1C(C)C. The van der Waals surface area contributed by atoms with Crippen LogP contribution in [0.4, 0.5) is 0 Å². The van der Waals surface area contributed by atoms with Crippen LogP contribution < -0.4 is 0 Å². The number of ketones is 1. The molecule has 0 heterocycles. The summed E-state index contributed by atoms with van der Waals surface area (Å²) in [5.41, 5.74) is 3.43. The van der Waals surface area contributed by atoms with E-state index in [9.17, 15) is 4.79 Å². The molecule has 0 saturated heterocycles. The lowest BCUT2D eigenvalue weighted by molar-refractivity contribution is 0.101. The zero-order valence-corrected chi connectivity index (χ0v) is 10.5. The number of hydrogen-bond acceptors (Lipinski definition) is 1. The molecule has 1 aromatic carbocycles. The molecule has 0 aliphatic rings. The van der Waals surface area contributed by atoms with Crippen molar-refractivity contribution in [3.63, 3.8) is 0 Å². The van der Waals surface area contributed by atoms with Gasteiger partial charge in [-0.25, -0.2) is 0 Å². The van der Waals surface area contributed by atoms with E-state index in [4.69, 9.17) is 0 Å². The molecule has 0 atom stereocenters. The molecule has 1 aromatic rings. The number of unbranched alkanes of at least 4 members (excludes halogenated alkanes) is 1. The van der Waals surface area contributed by atoms with Crippen molar-refractivity contribution in [2.45, 2.75) is 46.0 Å². The van der Waals surface area contributed by atoms with Crippen LogP contribution in [-0.4, -0.2) is 5.78 Å². The van der Waals surface area contributed by atoms with Crippen LogP contribution in [0, 0.1) is 6.92 Å². The van der Waals surface area contributed by atoms with Gasteiger partial charge in [-0.3, -0.25) is 4.79 Å². The number of rotatable bonds is 5. The summed E-state index contributed by atoms with van der Waals surface area (Å²) < 4.78 is 0. The number of benzene rings is 1. The first-order chi connectivity index (χ1) is 7.57. The van der Waals surface area contributed by atoms with E-state index in [-0.39, 0.29) is 5.78 Å². The molecule has 1 heteroatoms. The molecule has 87 valence electrons. The van der Waals surface area contributed by atoms with E-state index >= 15 is 0 Å². The molecule has 16 heavy (non-hydrogen) atoms. The predicted octanol–water partition coefficient (Wildman–Crippen LogP) is 4.17. The summed E-state index contributed by atoms with van der Waals surface area (Å²) in [5.74, 6) is 0.640. The summed E-state index contributed by atoms with van der Waals surface area (Å²) in [7, 11) is 0. The Morgan fingerprint density at radius 2 is 2.06 bits per heavy atom. The first-order valence-corrected chi connectivity index (χ1v) is 6.00. The van der Waals surface area contributed by atoms with Gasteiger partial charge < -0.3 is 0 Å². The molecule has 0 aliphatic carbocycles. The van der Waals surface area contributed by atoms with Crippen molar-refractivity contribution >= 4 is 5.78 Å². The van der Waals surface area contributed by atoms with Gasteiger partial charge in [0.2, 0.25) is 0 Å². The summed E-state index contributed by atoms with van der Waals surface area (Å²) in [6.45, 7) is 9.86. The van der Waals surface area contributed by atoms with E-state index in [1.807, 2.05) is 12.1 Å². The highest BCUT2D eigenvalue weighted by molar-refractivity contribution is 5.95. The Morgan fingerprint density at radius 3 is 2.56 bits per heavy atom. The molecule has 0 saturated carbocycles. The maximum Gasteiger partial charge on any atom is 0.160 e. The van der Waals surface area contributed by atoms with Crippen molar-refractivity contribution in [1.82, 2.24) is 0 Å². The zero-order valence-electron chi connectivity index (χ0n) is 10.5. The molecule has 0 aliphatic heterocycles. The summed E-state index contributed by atoms with van der Waals surface area (Å²) >= 11 is 0.